The first-order valence-corrected chi connectivity index (χ1v) is 16.9. The monoisotopic (exact) mass is 646 g/mol. The van der Waals surface area contributed by atoms with Gasteiger partial charge in [0.1, 0.15) is 11.1 Å². The van der Waals surface area contributed by atoms with Gasteiger partial charge in [-0.2, -0.15) is 11.8 Å². The van der Waals surface area contributed by atoms with Gasteiger partial charge in [0.05, 0.1) is 11.4 Å². The lowest BCUT2D eigenvalue weighted by Gasteiger charge is -2.44. The fraction of sp³-hybridized carbons (Fsp3) is 0.243. The summed E-state index contributed by atoms with van der Waals surface area (Å²) >= 11 is 1.74. The largest absolute Gasteiger partial charge is 0.422 e. The van der Waals surface area contributed by atoms with Crippen LogP contribution in [0.5, 0.6) is 0 Å². The van der Waals surface area contributed by atoms with Crippen LogP contribution < -0.4 is 26.7 Å². The smallest absolute Gasteiger partial charge is 0.349 e. The van der Waals surface area contributed by atoms with Crippen LogP contribution >= 0.6 is 11.8 Å². The molecule has 0 spiro atoms. The molecule has 2 aliphatic heterocycles. The molecule has 2 unspecified atom stereocenters. The molecule has 1 fully saturated rings. The maximum absolute atomic E-state index is 13.6. The van der Waals surface area contributed by atoms with Crippen molar-refractivity contribution >= 4 is 45.9 Å². The Bertz CT molecular complexity index is 2080. The van der Waals surface area contributed by atoms with Gasteiger partial charge in [0, 0.05) is 66.3 Å². The topological polar surface area (TPSA) is 114 Å². The van der Waals surface area contributed by atoms with Crippen molar-refractivity contribution in [3.63, 3.8) is 0 Å². The van der Waals surface area contributed by atoms with E-state index in [9.17, 15) is 19.2 Å². The van der Waals surface area contributed by atoms with Crippen LogP contribution in [0.3, 0.4) is 0 Å². The molecule has 0 radical (unpaired) electrons. The van der Waals surface area contributed by atoms with E-state index in [2.05, 4.69) is 27.7 Å². The molecule has 2 aliphatic rings. The number of nitrogens with zero attached hydrogens (tertiary/aromatic N) is 2. The van der Waals surface area contributed by atoms with E-state index in [1.165, 1.54) is 11.6 Å². The van der Waals surface area contributed by atoms with Crippen LogP contribution in [0.4, 0.5) is 11.4 Å². The number of carbonyl (C=O) groups is 2. The van der Waals surface area contributed by atoms with Crippen molar-refractivity contribution in [1.82, 2.24) is 9.88 Å². The number of piperidine rings is 1. The summed E-state index contributed by atoms with van der Waals surface area (Å²) in [6.07, 6.45) is 0.975. The minimum Gasteiger partial charge on any atom is -0.422 e. The number of anilines is 2. The number of aromatic nitrogens is 1. The zero-order valence-electron chi connectivity index (χ0n) is 25.7. The molecule has 1 saturated heterocycles. The molecule has 0 saturated carbocycles. The standard InChI is InChI=1S/C37H34N4O5S/c42-34-12-6-10-31-28-17-25(21-41(31)34)20-40(22-28)32-14-13-27(35(43)38-15-16-47-23-24-7-2-1-3-8-24)19-30(32)39-36(44)29-18-26-9-4-5-11-33(26)46-37(29)45/h1-14,18-19,25,28H,15-17,20-23H2,(H,38,43)(H,39,44). The van der Waals surface area contributed by atoms with E-state index >= 15 is 0 Å². The average molecular weight is 647 g/mol. The van der Waals surface area contributed by atoms with E-state index in [0.717, 1.165) is 29.3 Å². The first-order valence-electron chi connectivity index (χ1n) is 15.8. The number of benzene rings is 3. The molecule has 4 heterocycles. The second-order valence-electron chi connectivity index (χ2n) is 12.1. The molecule has 7 rings (SSSR count). The lowest BCUT2D eigenvalue weighted by molar-refractivity contribution is 0.0954. The quantitative estimate of drug-likeness (QED) is 0.161. The number of amides is 2. The Balaban J connectivity index is 1.13. The lowest BCUT2D eigenvalue weighted by Crippen LogP contribution is -2.47. The maximum atomic E-state index is 13.6. The van der Waals surface area contributed by atoms with E-state index in [4.69, 9.17) is 4.42 Å². The highest BCUT2D eigenvalue weighted by Gasteiger charge is 2.35. The van der Waals surface area contributed by atoms with Gasteiger partial charge in [0.2, 0.25) is 0 Å². The normalized spacial score (nSPS) is 16.8. The summed E-state index contributed by atoms with van der Waals surface area (Å²) in [5, 5.41) is 6.56. The highest BCUT2D eigenvalue weighted by molar-refractivity contribution is 7.98. The van der Waals surface area contributed by atoms with Gasteiger partial charge >= 0.3 is 5.63 Å². The Morgan fingerprint density at radius 3 is 2.55 bits per heavy atom. The fourth-order valence-corrected chi connectivity index (χ4v) is 7.48. The number of fused-ring (bicyclic) bond motifs is 5. The summed E-state index contributed by atoms with van der Waals surface area (Å²) in [6, 6.07) is 29.5. The molecule has 3 aromatic carbocycles. The second-order valence-corrected chi connectivity index (χ2v) is 13.2. The molecule has 0 aliphatic carbocycles. The van der Waals surface area contributed by atoms with Crippen molar-refractivity contribution in [2.75, 3.05) is 35.6 Å². The third-order valence-corrected chi connectivity index (χ3v) is 9.89. The number of carbonyl (C=O) groups excluding carboxylic acids is 2. The second kappa shape index (κ2) is 13.3. The maximum Gasteiger partial charge on any atom is 0.349 e. The predicted molar refractivity (Wildman–Crippen MR) is 186 cm³/mol. The number of pyridine rings is 1. The molecule has 2 bridgehead atoms. The highest BCUT2D eigenvalue weighted by Crippen LogP contribution is 2.39. The van der Waals surface area contributed by atoms with Crippen molar-refractivity contribution in [3.05, 3.63) is 140 Å². The third kappa shape index (κ3) is 6.59. The minimum absolute atomic E-state index is 0.0154. The molecule has 2 amide bonds. The van der Waals surface area contributed by atoms with E-state index < -0.39 is 11.5 Å². The van der Waals surface area contributed by atoms with E-state index in [-0.39, 0.29) is 28.9 Å². The van der Waals surface area contributed by atoms with Crippen molar-refractivity contribution in [2.24, 2.45) is 5.92 Å². The summed E-state index contributed by atoms with van der Waals surface area (Å²) in [6.45, 7) is 2.45. The summed E-state index contributed by atoms with van der Waals surface area (Å²) in [5.41, 5.74) is 3.38. The Morgan fingerprint density at radius 2 is 1.68 bits per heavy atom. The number of para-hydroxylation sites is 1. The van der Waals surface area contributed by atoms with Crippen LogP contribution in [0.1, 0.15) is 44.3 Å². The molecule has 2 aromatic heterocycles. The van der Waals surface area contributed by atoms with E-state index in [0.29, 0.717) is 48.4 Å². The van der Waals surface area contributed by atoms with Crippen LogP contribution in [-0.2, 0) is 12.3 Å². The average Bonchev–Trinajstić information content (AvgIpc) is 3.08. The summed E-state index contributed by atoms with van der Waals surface area (Å²) < 4.78 is 7.30. The summed E-state index contributed by atoms with van der Waals surface area (Å²) in [5.74, 6) is 1.14. The van der Waals surface area contributed by atoms with Gasteiger partial charge in [-0.1, -0.05) is 54.6 Å². The van der Waals surface area contributed by atoms with Crippen molar-refractivity contribution in [1.29, 1.82) is 0 Å². The van der Waals surface area contributed by atoms with Crippen molar-refractivity contribution in [3.8, 4) is 0 Å². The molecule has 47 heavy (non-hydrogen) atoms. The fourth-order valence-electron chi connectivity index (χ4n) is 6.66. The van der Waals surface area contributed by atoms with Crippen LogP contribution in [0, 0.1) is 5.92 Å². The molecule has 9 nitrogen and oxygen atoms in total. The van der Waals surface area contributed by atoms with Gasteiger partial charge in [0.25, 0.3) is 17.4 Å². The Kier molecular flexibility index (Phi) is 8.67. The number of thioether (sulfide) groups is 1. The minimum atomic E-state index is -0.737. The Hall–Kier alpha value is -5.09. The summed E-state index contributed by atoms with van der Waals surface area (Å²) in [7, 11) is 0. The molecular formula is C37H34N4O5S. The van der Waals surface area contributed by atoms with E-state index in [1.54, 1.807) is 48.2 Å². The Labute approximate surface area is 275 Å². The number of nitrogens with one attached hydrogen (secondary N) is 2. The van der Waals surface area contributed by atoms with Crippen LogP contribution in [0.2, 0.25) is 0 Å². The molecule has 238 valence electrons. The zero-order chi connectivity index (χ0) is 32.3. The van der Waals surface area contributed by atoms with E-state index in [1.807, 2.05) is 47.0 Å². The van der Waals surface area contributed by atoms with Gasteiger partial charge in [-0.3, -0.25) is 14.4 Å². The zero-order valence-corrected chi connectivity index (χ0v) is 26.5. The number of hydrogen-bond donors (Lipinski definition) is 2. The number of hydrogen-bond acceptors (Lipinski definition) is 7. The first kappa shape index (κ1) is 30.6. The van der Waals surface area contributed by atoms with Gasteiger partial charge in [0.15, 0.2) is 0 Å². The summed E-state index contributed by atoms with van der Waals surface area (Å²) in [4.78, 5) is 54.5. The van der Waals surface area contributed by atoms with Crippen molar-refractivity contribution < 1.29 is 14.0 Å². The highest BCUT2D eigenvalue weighted by atomic mass is 32.2. The van der Waals surface area contributed by atoms with Gasteiger partial charge in [-0.15, -0.1) is 0 Å². The third-order valence-electron chi connectivity index (χ3n) is 8.86. The molecule has 10 heteroatoms. The van der Waals surface area contributed by atoms with Crippen molar-refractivity contribution in [2.45, 2.75) is 24.6 Å². The van der Waals surface area contributed by atoms with Gasteiger partial charge in [-0.05, 0) is 54.3 Å². The molecule has 2 N–H and O–H groups in total. The van der Waals surface area contributed by atoms with Crippen LogP contribution in [0.15, 0.2) is 111 Å². The lowest BCUT2D eigenvalue weighted by atomic mass is 9.83. The van der Waals surface area contributed by atoms with Crippen LogP contribution in [-0.4, -0.2) is 41.8 Å². The van der Waals surface area contributed by atoms with Crippen LogP contribution in [0.25, 0.3) is 11.0 Å². The number of rotatable bonds is 9. The first-order chi connectivity index (χ1) is 22.9. The predicted octanol–water partition coefficient (Wildman–Crippen LogP) is 5.49. The SMILES string of the molecule is O=C(NCCSCc1ccccc1)c1ccc(N2CC3CC(C2)c2cccc(=O)n2C3)c(NC(=O)c2cc3ccccc3oc2=O)c1. The van der Waals surface area contributed by atoms with Gasteiger partial charge in [-0.25, -0.2) is 4.79 Å². The molecule has 2 atom stereocenters. The molecule has 5 aromatic rings. The Morgan fingerprint density at radius 1 is 0.851 bits per heavy atom. The van der Waals surface area contributed by atoms with Gasteiger partial charge < -0.3 is 24.5 Å². The molecular weight excluding hydrogens is 612 g/mol.